The Hall–Kier alpha value is -2.87. The smallest absolute Gasteiger partial charge is 0.267 e. The van der Waals surface area contributed by atoms with E-state index in [0.717, 1.165) is 79.1 Å². The summed E-state index contributed by atoms with van der Waals surface area (Å²) in [5.41, 5.74) is 3.14. The molecule has 0 saturated carbocycles. The van der Waals surface area contributed by atoms with E-state index in [4.69, 9.17) is 0 Å². The number of anilines is 1. The summed E-state index contributed by atoms with van der Waals surface area (Å²) in [5, 5.41) is 9.20. The molecule has 1 atom stereocenters. The van der Waals surface area contributed by atoms with Crippen LogP contribution in [0.1, 0.15) is 42.8 Å². The molecule has 0 spiro atoms. The van der Waals surface area contributed by atoms with Gasteiger partial charge in [0.1, 0.15) is 11.6 Å². The third kappa shape index (κ3) is 4.30. The Morgan fingerprint density at radius 1 is 1.16 bits per heavy atom. The van der Waals surface area contributed by atoms with Crippen molar-refractivity contribution in [3.63, 3.8) is 0 Å². The van der Waals surface area contributed by atoms with Crippen molar-refractivity contribution in [3.8, 4) is 0 Å². The van der Waals surface area contributed by atoms with E-state index in [1.807, 2.05) is 13.0 Å². The molecule has 5 rings (SSSR count). The van der Waals surface area contributed by atoms with Crippen LogP contribution in [-0.2, 0) is 19.4 Å². The van der Waals surface area contributed by atoms with E-state index >= 15 is 0 Å². The monoisotopic (exact) mass is 419 g/mol. The van der Waals surface area contributed by atoms with Crippen molar-refractivity contribution < 1.29 is 0 Å². The van der Waals surface area contributed by atoms with Gasteiger partial charge < -0.3 is 5.32 Å². The zero-order valence-corrected chi connectivity index (χ0v) is 18.0. The highest BCUT2D eigenvalue weighted by atomic mass is 16.1. The molecule has 1 aliphatic heterocycles. The van der Waals surface area contributed by atoms with Crippen LogP contribution in [0.25, 0.3) is 10.9 Å². The standard InChI is InChI=1S/C23H29N7O/c1-16-26-21-15-24-9-8-19(21)23(27-16)25-14-18-6-2-3-10-29(18)11-12-30-22(31)13-17-5-4-7-20(17)28-30/h8-9,13,15,18H,2-7,10-12,14H2,1H3,(H,25,26,27). The summed E-state index contributed by atoms with van der Waals surface area (Å²) in [4.78, 5) is 28.2. The van der Waals surface area contributed by atoms with Crippen LogP contribution >= 0.6 is 0 Å². The second-order valence-corrected chi connectivity index (χ2v) is 8.61. The van der Waals surface area contributed by atoms with E-state index in [0.29, 0.717) is 12.6 Å². The molecule has 3 aromatic rings. The van der Waals surface area contributed by atoms with Crippen LogP contribution in [0, 0.1) is 6.92 Å². The van der Waals surface area contributed by atoms with E-state index in [9.17, 15) is 4.79 Å². The maximum atomic E-state index is 12.5. The SMILES string of the molecule is Cc1nc(NCC2CCCCN2CCn2nc3c(cc2=O)CCC3)c2ccncc2n1. The number of nitrogens with zero attached hydrogens (tertiary/aromatic N) is 6. The van der Waals surface area contributed by atoms with Gasteiger partial charge in [-0.2, -0.15) is 5.10 Å². The maximum absolute atomic E-state index is 12.5. The van der Waals surface area contributed by atoms with E-state index in [1.54, 1.807) is 23.1 Å². The summed E-state index contributed by atoms with van der Waals surface area (Å²) in [6.07, 6.45) is 10.2. The van der Waals surface area contributed by atoms with Gasteiger partial charge in [0, 0.05) is 36.8 Å². The van der Waals surface area contributed by atoms with Crippen LogP contribution < -0.4 is 10.9 Å². The van der Waals surface area contributed by atoms with Gasteiger partial charge in [-0.05, 0) is 57.2 Å². The molecular weight excluding hydrogens is 390 g/mol. The van der Waals surface area contributed by atoms with Crippen LogP contribution in [0.2, 0.25) is 0 Å². The number of pyridine rings is 1. The Labute approximate surface area is 181 Å². The van der Waals surface area contributed by atoms with Gasteiger partial charge in [-0.1, -0.05) is 6.42 Å². The second kappa shape index (κ2) is 8.70. The molecule has 31 heavy (non-hydrogen) atoms. The molecule has 1 unspecified atom stereocenters. The lowest BCUT2D eigenvalue weighted by Gasteiger charge is -2.36. The number of nitrogens with one attached hydrogen (secondary N) is 1. The highest BCUT2D eigenvalue weighted by Crippen LogP contribution is 2.22. The summed E-state index contributed by atoms with van der Waals surface area (Å²) < 4.78 is 1.66. The van der Waals surface area contributed by atoms with Crippen LogP contribution in [-0.4, -0.2) is 55.3 Å². The zero-order valence-electron chi connectivity index (χ0n) is 18.0. The quantitative estimate of drug-likeness (QED) is 0.656. The molecule has 8 heteroatoms. The van der Waals surface area contributed by atoms with Crippen molar-refractivity contribution in [2.24, 2.45) is 0 Å². The van der Waals surface area contributed by atoms with E-state index in [-0.39, 0.29) is 5.56 Å². The Morgan fingerprint density at radius 3 is 3.03 bits per heavy atom. The minimum Gasteiger partial charge on any atom is -0.368 e. The van der Waals surface area contributed by atoms with E-state index in [2.05, 4.69) is 30.3 Å². The second-order valence-electron chi connectivity index (χ2n) is 8.61. The summed E-state index contributed by atoms with van der Waals surface area (Å²) >= 11 is 0. The third-order valence-corrected chi connectivity index (χ3v) is 6.49. The average Bonchev–Trinajstić information content (AvgIpc) is 3.23. The number of rotatable bonds is 6. The third-order valence-electron chi connectivity index (χ3n) is 6.49. The molecule has 162 valence electrons. The molecule has 0 amide bonds. The minimum absolute atomic E-state index is 0.0314. The van der Waals surface area contributed by atoms with Gasteiger partial charge in [0.05, 0.1) is 24.0 Å². The number of aryl methyl sites for hydroxylation is 3. The topological polar surface area (TPSA) is 88.8 Å². The average molecular weight is 420 g/mol. The number of hydrogen-bond donors (Lipinski definition) is 1. The fourth-order valence-corrected chi connectivity index (χ4v) is 4.85. The highest BCUT2D eigenvalue weighted by Gasteiger charge is 2.23. The normalized spacial score (nSPS) is 18.9. The van der Waals surface area contributed by atoms with Gasteiger partial charge >= 0.3 is 0 Å². The summed E-state index contributed by atoms with van der Waals surface area (Å²) in [6, 6.07) is 4.16. The van der Waals surface area contributed by atoms with Gasteiger partial charge in [-0.25, -0.2) is 14.6 Å². The van der Waals surface area contributed by atoms with Crippen molar-refractivity contribution >= 4 is 16.7 Å². The first-order chi connectivity index (χ1) is 15.2. The molecule has 8 nitrogen and oxygen atoms in total. The molecule has 1 aliphatic carbocycles. The molecule has 4 heterocycles. The minimum atomic E-state index is 0.0314. The molecule has 0 aromatic carbocycles. The Kier molecular flexibility index (Phi) is 5.63. The van der Waals surface area contributed by atoms with Gasteiger partial charge in [-0.3, -0.25) is 14.7 Å². The lowest BCUT2D eigenvalue weighted by molar-refractivity contribution is 0.148. The number of fused-ring (bicyclic) bond motifs is 2. The Balaban J connectivity index is 1.27. The molecule has 1 N–H and O–H groups in total. The van der Waals surface area contributed by atoms with Crippen LogP contribution in [0.4, 0.5) is 5.82 Å². The van der Waals surface area contributed by atoms with Crippen LogP contribution in [0.15, 0.2) is 29.3 Å². The first-order valence-corrected chi connectivity index (χ1v) is 11.3. The van der Waals surface area contributed by atoms with Gasteiger partial charge in [-0.15, -0.1) is 0 Å². The van der Waals surface area contributed by atoms with E-state index < -0.39 is 0 Å². The molecule has 2 aliphatic rings. The first-order valence-electron chi connectivity index (χ1n) is 11.3. The summed E-state index contributed by atoms with van der Waals surface area (Å²) in [5.74, 6) is 1.61. The Morgan fingerprint density at radius 2 is 2.10 bits per heavy atom. The largest absolute Gasteiger partial charge is 0.368 e. The van der Waals surface area contributed by atoms with Gasteiger partial charge in [0.2, 0.25) is 0 Å². The number of hydrogen-bond acceptors (Lipinski definition) is 7. The predicted molar refractivity (Wildman–Crippen MR) is 120 cm³/mol. The fourth-order valence-electron chi connectivity index (χ4n) is 4.85. The first kappa shape index (κ1) is 20.1. The summed E-state index contributed by atoms with van der Waals surface area (Å²) in [7, 11) is 0. The van der Waals surface area contributed by atoms with Gasteiger partial charge in [0.25, 0.3) is 5.56 Å². The number of aromatic nitrogens is 5. The number of likely N-dealkylation sites (tertiary alicyclic amines) is 1. The highest BCUT2D eigenvalue weighted by molar-refractivity contribution is 5.88. The molecule has 3 aromatic heterocycles. The van der Waals surface area contributed by atoms with Crippen LogP contribution in [0.5, 0.6) is 0 Å². The zero-order chi connectivity index (χ0) is 21.2. The maximum Gasteiger partial charge on any atom is 0.267 e. The van der Waals surface area contributed by atoms with Gasteiger partial charge in [0.15, 0.2) is 0 Å². The molecular formula is C23H29N7O. The summed E-state index contributed by atoms with van der Waals surface area (Å²) in [6.45, 7) is 5.26. The van der Waals surface area contributed by atoms with Crippen molar-refractivity contribution in [3.05, 3.63) is 52.0 Å². The Bertz CT molecular complexity index is 1140. The molecule has 1 saturated heterocycles. The van der Waals surface area contributed by atoms with Crippen molar-refractivity contribution in [1.29, 1.82) is 0 Å². The van der Waals surface area contributed by atoms with E-state index in [1.165, 1.54) is 12.8 Å². The predicted octanol–water partition coefficient (Wildman–Crippen LogP) is 2.35. The molecule has 1 fully saturated rings. The molecule has 0 bridgehead atoms. The lowest BCUT2D eigenvalue weighted by atomic mass is 10.0. The van der Waals surface area contributed by atoms with Crippen LogP contribution in [0.3, 0.4) is 0 Å². The van der Waals surface area contributed by atoms with Crippen molar-refractivity contribution in [2.45, 2.75) is 58.0 Å². The molecule has 0 radical (unpaired) electrons. The van der Waals surface area contributed by atoms with Crippen molar-refractivity contribution in [2.75, 3.05) is 25.0 Å². The van der Waals surface area contributed by atoms with Crippen molar-refractivity contribution in [1.82, 2.24) is 29.6 Å². The fraction of sp³-hybridized carbons (Fsp3) is 0.522. The number of piperidine rings is 1. The lowest BCUT2D eigenvalue weighted by Crippen LogP contribution is -2.45.